The molecule has 1 rings (SSSR count). The van der Waals surface area contributed by atoms with Gasteiger partial charge in [0.25, 0.3) is 0 Å². The molecule has 19 heavy (non-hydrogen) atoms. The summed E-state index contributed by atoms with van der Waals surface area (Å²) in [6, 6.07) is 2.72. The number of nitrogens with zero attached hydrogens (tertiary/aromatic N) is 2. The van der Waals surface area contributed by atoms with Gasteiger partial charge in [0.2, 0.25) is 0 Å². The molecule has 1 aromatic rings. The van der Waals surface area contributed by atoms with E-state index in [0.717, 1.165) is 37.7 Å². The largest absolute Gasteiger partial charge is 0.465 e. The van der Waals surface area contributed by atoms with Crippen molar-refractivity contribution in [2.45, 2.75) is 39.9 Å². The van der Waals surface area contributed by atoms with E-state index in [0.29, 0.717) is 6.04 Å². The third-order valence-electron chi connectivity index (χ3n) is 3.45. The highest BCUT2D eigenvalue weighted by Gasteiger charge is 2.16. The van der Waals surface area contributed by atoms with E-state index in [1.807, 2.05) is 7.05 Å². The first-order chi connectivity index (χ1) is 8.97. The Balaban J connectivity index is 2.69. The molecule has 0 saturated carbocycles. The Morgan fingerprint density at radius 1 is 1.37 bits per heavy atom. The van der Waals surface area contributed by atoms with Crippen LogP contribution in [0.25, 0.3) is 0 Å². The number of rotatable bonds is 8. The standard InChI is InChI=1S/C15H29N3O/c1-7-18(12(2)10-17(5)6)11-14-8-15(9-16-4)19-13(14)3/h8,12,16H,7,9-11H2,1-6H3. The van der Waals surface area contributed by atoms with Crippen molar-refractivity contribution in [2.75, 3.05) is 34.2 Å². The lowest BCUT2D eigenvalue weighted by Gasteiger charge is -2.29. The average Bonchev–Trinajstić information content (AvgIpc) is 2.66. The molecule has 0 aliphatic carbocycles. The summed E-state index contributed by atoms with van der Waals surface area (Å²) in [5.74, 6) is 2.06. The first-order valence-corrected chi connectivity index (χ1v) is 7.09. The van der Waals surface area contributed by atoms with Gasteiger partial charge >= 0.3 is 0 Å². The second kappa shape index (κ2) is 7.68. The molecule has 1 atom stereocenters. The maximum absolute atomic E-state index is 5.76. The van der Waals surface area contributed by atoms with Crippen molar-refractivity contribution in [1.29, 1.82) is 0 Å². The van der Waals surface area contributed by atoms with Gasteiger partial charge in [0.15, 0.2) is 0 Å². The van der Waals surface area contributed by atoms with Crippen LogP contribution < -0.4 is 5.32 Å². The van der Waals surface area contributed by atoms with Crippen LogP contribution in [0.3, 0.4) is 0 Å². The molecule has 0 aliphatic rings. The summed E-state index contributed by atoms with van der Waals surface area (Å²) in [5.41, 5.74) is 1.30. The third-order valence-corrected chi connectivity index (χ3v) is 3.45. The van der Waals surface area contributed by atoms with Gasteiger partial charge in [-0.05, 0) is 47.6 Å². The number of likely N-dealkylation sites (N-methyl/N-ethyl adjacent to an activating group) is 2. The quantitative estimate of drug-likeness (QED) is 0.781. The average molecular weight is 267 g/mol. The van der Waals surface area contributed by atoms with Crippen LogP contribution in [-0.2, 0) is 13.1 Å². The van der Waals surface area contributed by atoms with E-state index < -0.39 is 0 Å². The Hall–Kier alpha value is -0.840. The topological polar surface area (TPSA) is 31.6 Å². The van der Waals surface area contributed by atoms with E-state index in [1.165, 1.54) is 5.56 Å². The van der Waals surface area contributed by atoms with Crippen LogP contribution in [-0.4, -0.2) is 50.1 Å². The lowest BCUT2D eigenvalue weighted by atomic mass is 10.2. The summed E-state index contributed by atoms with van der Waals surface area (Å²) in [4.78, 5) is 4.73. The monoisotopic (exact) mass is 267 g/mol. The summed E-state index contributed by atoms with van der Waals surface area (Å²) >= 11 is 0. The fourth-order valence-electron chi connectivity index (χ4n) is 2.45. The number of hydrogen-bond acceptors (Lipinski definition) is 4. The van der Waals surface area contributed by atoms with Crippen LogP contribution in [0.5, 0.6) is 0 Å². The zero-order chi connectivity index (χ0) is 14.4. The van der Waals surface area contributed by atoms with Crippen LogP contribution >= 0.6 is 0 Å². The lowest BCUT2D eigenvalue weighted by Crippen LogP contribution is -2.39. The van der Waals surface area contributed by atoms with E-state index in [-0.39, 0.29) is 0 Å². The summed E-state index contributed by atoms with van der Waals surface area (Å²) in [6.45, 7) is 10.4. The number of nitrogens with one attached hydrogen (secondary N) is 1. The molecule has 110 valence electrons. The van der Waals surface area contributed by atoms with Gasteiger partial charge in [-0.1, -0.05) is 6.92 Å². The minimum absolute atomic E-state index is 0.544. The highest BCUT2D eigenvalue weighted by molar-refractivity contribution is 5.20. The van der Waals surface area contributed by atoms with Crippen molar-refractivity contribution in [2.24, 2.45) is 0 Å². The highest BCUT2D eigenvalue weighted by atomic mass is 16.3. The maximum atomic E-state index is 5.76. The van der Waals surface area contributed by atoms with Gasteiger partial charge in [-0.3, -0.25) is 4.90 Å². The number of hydrogen-bond donors (Lipinski definition) is 1. The van der Waals surface area contributed by atoms with Crippen molar-refractivity contribution >= 4 is 0 Å². The van der Waals surface area contributed by atoms with E-state index in [2.05, 4.69) is 56.0 Å². The normalized spacial score (nSPS) is 13.5. The Kier molecular flexibility index (Phi) is 6.55. The third kappa shape index (κ3) is 4.97. The van der Waals surface area contributed by atoms with Crippen LogP contribution in [0.4, 0.5) is 0 Å². The van der Waals surface area contributed by atoms with Crippen molar-refractivity contribution in [1.82, 2.24) is 15.1 Å². The molecule has 0 fully saturated rings. The molecule has 0 bridgehead atoms. The SMILES string of the molecule is CCN(Cc1cc(CNC)oc1C)C(C)CN(C)C. The van der Waals surface area contributed by atoms with Gasteiger partial charge in [-0.15, -0.1) is 0 Å². The fraction of sp³-hybridized carbons (Fsp3) is 0.733. The molecular weight excluding hydrogens is 238 g/mol. The van der Waals surface area contributed by atoms with E-state index in [1.54, 1.807) is 0 Å². The van der Waals surface area contributed by atoms with Gasteiger partial charge in [-0.25, -0.2) is 0 Å². The second-order valence-corrected chi connectivity index (χ2v) is 5.50. The molecule has 1 aromatic heterocycles. The zero-order valence-electron chi connectivity index (χ0n) is 13.3. The van der Waals surface area contributed by atoms with Crippen LogP contribution in [0.2, 0.25) is 0 Å². The van der Waals surface area contributed by atoms with E-state index in [9.17, 15) is 0 Å². The molecule has 4 nitrogen and oxygen atoms in total. The number of furan rings is 1. The zero-order valence-corrected chi connectivity index (χ0v) is 13.3. The summed E-state index contributed by atoms with van der Waals surface area (Å²) < 4.78 is 5.76. The minimum atomic E-state index is 0.544. The molecule has 1 heterocycles. The summed E-state index contributed by atoms with van der Waals surface area (Å²) in [5, 5.41) is 3.13. The first-order valence-electron chi connectivity index (χ1n) is 7.09. The van der Waals surface area contributed by atoms with Crippen molar-refractivity contribution < 1.29 is 4.42 Å². The van der Waals surface area contributed by atoms with Gasteiger partial charge in [0.1, 0.15) is 11.5 Å². The van der Waals surface area contributed by atoms with Crippen LogP contribution in [0.1, 0.15) is 30.9 Å². The van der Waals surface area contributed by atoms with Crippen molar-refractivity contribution in [3.8, 4) is 0 Å². The Morgan fingerprint density at radius 2 is 2.05 bits per heavy atom. The molecule has 1 N–H and O–H groups in total. The Bertz CT molecular complexity index is 373. The van der Waals surface area contributed by atoms with Crippen molar-refractivity contribution in [3.05, 3.63) is 23.2 Å². The fourth-order valence-corrected chi connectivity index (χ4v) is 2.45. The lowest BCUT2D eigenvalue weighted by molar-refractivity contribution is 0.173. The molecule has 1 unspecified atom stereocenters. The van der Waals surface area contributed by atoms with E-state index in [4.69, 9.17) is 4.42 Å². The molecule has 4 heteroatoms. The first kappa shape index (κ1) is 16.2. The van der Waals surface area contributed by atoms with Crippen molar-refractivity contribution in [3.63, 3.8) is 0 Å². The van der Waals surface area contributed by atoms with Gasteiger partial charge in [-0.2, -0.15) is 0 Å². The number of aryl methyl sites for hydroxylation is 1. The summed E-state index contributed by atoms with van der Waals surface area (Å²) in [6.07, 6.45) is 0. The highest BCUT2D eigenvalue weighted by Crippen LogP contribution is 2.18. The molecule has 0 saturated heterocycles. The molecule has 0 aliphatic heterocycles. The van der Waals surface area contributed by atoms with Gasteiger partial charge < -0.3 is 14.6 Å². The van der Waals surface area contributed by atoms with Crippen LogP contribution in [0, 0.1) is 6.92 Å². The predicted molar refractivity (Wildman–Crippen MR) is 80.3 cm³/mol. The second-order valence-electron chi connectivity index (χ2n) is 5.50. The Labute approximate surface area is 117 Å². The smallest absolute Gasteiger partial charge is 0.118 e. The maximum Gasteiger partial charge on any atom is 0.118 e. The predicted octanol–water partition coefficient (Wildman–Crippen LogP) is 2.08. The minimum Gasteiger partial charge on any atom is -0.465 e. The molecule has 0 radical (unpaired) electrons. The molecule has 0 spiro atoms. The molecular formula is C15H29N3O. The molecule has 0 amide bonds. The summed E-state index contributed by atoms with van der Waals surface area (Å²) in [7, 11) is 6.19. The van der Waals surface area contributed by atoms with Gasteiger partial charge in [0.05, 0.1) is 6.54 Å². The van der Waals surface area contributed by atoms with Crippen LogP contribution in [0.15, 0.2) is 10.5 Å². The molecule has 0 aromatic carbocycles. The van der Waals surface area contributed by atoms with E-state index >= 15 is 0 Å². The Morgan fingerprint density at radius 3 is 2.58 bits per heavy atom. The van der Waals surface area contributed by atoms with Gasteiger partial charge in [0, 0.05) is 24.7 Å².